The number of thioether (sulfide) groups is 1. The van der Waals surface area contributed by atoms with Crippen molar-refractivity contribution in [3.8, 4) is 0 Å². The molecule has 0 bridgehead atoms. The van der Waals surface area contributed by atoms with Gasteiger partial charge in [-0.25, -0.2) is 4.98 Å². The van der Waals surface area contributed by atoms with Crippen molar-refractivity contribution in [2.24, 2.45) is 0 Å². The minimum atomic E-state index is -0.440. The van der Waals surface area contributed by atoms with Gasteiger partial charge in [0.25, 0.3) is 0 Å². The first-order valence-electron chi connectivity index (χ1n) is 3.54. The average Bonchev–Trinajstić information content (AvgIpc) is 2.58. The average molecular weight is 182 g/mol. The second-order valence-corrected chi connectivity index (χ2v) is 3.25. The number of rotatable bonds is 1. The fourth-order valence-electron chi connectivity index (χ4n) is 0.991. The molecule has 0 amide bonds. The highest BCUT2D eigenvalue weighted by molar-refractivity contribution is 8.02. The first kappa shape index (κ1) is 7.61. The third-order valence-electron chi connectivity index (χ3n) is 1.59. The summed E-state index contributed by atoms with van der Waals surface area (Å²) in [4.78, 5) is 3.57. The van der Waals surface area contributed by atoms with Crippen molar-refractivity contribution in [2.45, 2.75) is 0 Å². The van der Waals surface area contributed by atoms with E-state index in [-0.39, 0.29) is 0 Å². The van der Waals surface area contributed by atoms with Crippen molar-refractivity contribution in [3.63, 3.8) is 0 Å². The SMILES string of the molecule is Fc1ccc(C2=CSCN2)cn1. The summed E-state index contributed by atoms with van der Waals surface area (Å²) in [5.74, 6) is 0.442. The van der Waals surface area contributed by atoms with Gasteiger partial charge in [-0.2, -0.15) is 4.39 Å². The maximum atomic E-state index is 12.4. The van der Waals surface area contributed by atoms with Crippen LogP contribution in [0.15, 0.2) is 23.7 Å². The molecule has 1 N–H and O–H groups in total. The fourth-order valence-corrected chi connectivity index (χ4v) is 1.70. The van der Waals surface area contributed by atoms with E-state index < -0.39 is 5.95 Å². The van der Waals surface area contributed by atoms with Crippen molar-refractivity contribution in [1.29, 1.82) is 0 Å². The van der Waals surface area contributed by atoms with Crippen molar-refractivity contribution in [2.75, 3.05) is 5.88 Å². The largest absolute Gasteiger partial charge is 0.375 e. The molecule has 0 aromatic carbocycles. The van der Waals surface area contributed by atoms with Gasteiger partial charge in [-0.3, -0.25) is 0 Å². The lowest BCUT2D eigenvalue weighted by molar-refractivity contribution is 0.583. The van der Waals surface area contributed by atoms with Gasteiger partial charge in [0, 0.05) is 11.8 Å². The minimum absolute atomic E-state index is 0.440. The van der Waals surface area contributed by atoms with Crippen LogP contribution in [0.2, 0.25) is 0 Å². The van der Waals surface area contributed by atoms with Gasteiger partial charge in [0.15, 0.2) is 0 Å². The molecule has 1 aromatic heterocycles. The Balaban J connectivity index is 2.28. The van der Waals surface area contributed by atoms with Crippen LogP contribution in [-0.4, -0.2) is 10.9 Å². The summed E-state index contributed by atoms with van der Waals surface area (Å²) >= 11 is 1.69. The van der Waals surface area contributed by atoms with Gasteiger partial charge >= 0.3 is 0 Å². The van der Waals surface area contributed by atoms with Gasteiger partial charge in [-0.15, -0.1) is 11.8 Å². The molecule has 4 heteroatoms. The maximum absolute atomic E-state index is 12.4. The fraction of sp³-hybridized carbons (Fsp3) is 0.125. The zero-order valence-corrected chi connectivity index (χ0v) is 7.07. The van der Waals surface area contributed by atoms with Gasteiger partial charge in [-0.05, 0) is 17.5 Å². The normalized spacial score (nSPS) is 15.6. The Morgan fingerprint density at radius 1 is 1.50 bits per heavy atom. The van der Waals surface area contributed by atoms with E-state index in [0.29, 0.717) is 0 Å². The lowest BCUT2D eigenvalue weighted by atomic mass is 10.2. The highest BCUT2D eigenvalue weighted by Gasteiger charge is 2.06. The lowest BCUT2D eigenvalue weighted by Gasteiger charge is -2.01. The highest BCUT2D eigenvalue weighted by atomic mass is 32.2. The summed E-state index contributed by atoms with van der Waals surface area (Å²) in [5.41, 5.74) is 1.95. The van der Waals surface area contributed by atoms with E-state index in [9.17, 15) is 4.39 Å². The molecule has 0 saturated heterocycles. The van der Waals surface area contributed by atoms with E-state index in [2.05, 4.69) is 10.3 Å². The molecule has 0 atom stereocenters. The Bertz CT molecular complexity index is 307. The number of aromatic nitrogens is 1. The lowest BCUT2D eigenvalue weighted by Crippen LogP contribution is -2.05. The third kappa shape index (κ3) is 1.43. The first-order chi connectivity index (χ1) is 5.86. The van der Waals surface area contributed by atoms with E-state index in [1.54, 1.807) is 17.8 Å². The molecular weight excluding hydrogens is 175 g/mol. The molecule has 1 aliphatic heterocycles. The number of halogens is 1. The molecule has 0 radical (unpaired) electrons. The van der Waals surface area contributed by atoms with Crippen molar-refractivity contribution < 1.29 is 4.39 Å². The van der Waals surface area contributed by atoms with Crippen LogP contribution < -0.4 is 5.32 Å². The summed E-state index contributed by atoms with van der Waals surface area (Å²) in [6.45, 7) is 0. The summed E-state index contributed by atoms with van der Waals surface area (Å²) in [5, 5.41) is 5.16. The van der Waals surface area contributed by atoms with Gasteiger partial charge in [0.05, 0.1) is 11.6 Å². The van der Waals surface area contributed by atoms with Crippen LogP contribution in [0.5, 0.6) is 0 Å². The summed E-state index contributed by atoms with van der Waals surface area (Å²) in [6, 6.07) is 3.08. The predicted molar refractivity (Wildman–Crippen MR) is 47.8 cm³/mol. The molecule has 0 aliphatic carbocycles. The Kier molecular flexibility index (Phi) is 1.99. The molecule has 0 spiro atoms. The monoisotopic (exact) mass is 182 g/mol. The summed E-state index contributed by atoms with van der Waals surface area (Å²) in [7, 11) is 0. The molecular formula is C8H7FN2S. The van der Waals surface area contributed by atoms with Gasteiger partial charge in [-0.1, -0.05) is 0 Å². The van der Waals surface area contributed by atoms with Crippen LogP contribution in [0.4, 0.5) is 4.39 Å². The van der Waals surface area contributed by atoms with Crippen molar-refractivity contribution >= 4 is 17.5 Å². The molecule has 0 unspecified atom stereocenters. The van der Waals surface area contributed by atoms with E-state index >= 15 is 0 Å². The smallest absolute Gasteiger partial charge is 0.212 e. The Labute approximate surface area is 73.9 Å². The Hall–Kier alpha value is -1.03. The van der Waals surface area contributed by atoms with Gasteiger partial charge < -0.3 is 5.32 Å². The summed E-state index contributed by atoms with van der Waals surface area (Å²) < 4.78 is 12.4. The van der Waals surface area contributed by atoms with E-state index in [0.717, 1.165) is 17.1 Å². The standard InChI is InChI=1S/C8H7FN2S/c9-8-2-1-6(3-10-8)7-4-12-5-11-7/h1-4,11H,5H2. The Morgan fingerprint density at radius 2 is 2.42 bits per heavy atom. The summed E-state index contributed by atoms with van der Waals surface area (Å²) in [6.07, 6.45) is 1.53. The Morgan fingerprint density at radius 3 is 3.00 bits per heavy atom. The predicted octanol–water partition coefficient (Wildman–Crippen LogP) is 1.81. The number of hydrogen-bond donors (Lipinski definition) is 1. The molecule has 2 heterocycles. The number of nitrogens with zero attached hydrogens (tertiary/aromatic N) is 1. The van der Waals surface area contributed by atoms with E-state index in [1.807, 2.05) is 5.41 Å². The number of pyridine rings is 1. The zero-order chi connectivity index (χ0) is 8.39. The van der Waals surface area contributed by atoms with Crippen LogP contribution in [0.3, 0.4) is 0 Å². The molecule has 1 aliphatic rings. The maximum Gasteiger partial charge on any atom is 0.212 e. The zero-order valence-electron chi connectivity index (χ0n) is 6.25. The third-order valence-corrected chi connectivity index (χ3v) is 2.30. The van der Waals surface area contributed by atoms with Crippen LogP contribution in [0.1, 0.15) is 5.56 Å². The van der Waals surface area contributed by atoms with Crippen molar-refractivity contribution in [3.05, 3.63) is 35.2 Å². The van der Waals surface area contributed by atoms with E-state index in [1.165, 1.54) is 12.3 Å². The minimum Gasteiger partial charge on any atom is -0.375 e. The second kappa shape index (κ2) is 3.15. The van der Waals surface area contributed by atoms with E-state index in [4.69, 9.17) is 0 Å². The molecule has 0 fully saturated rings. The number of hydrogen-bond acceptors (Lipinski definition) is 3. The topological polar surface area (TPSA) is 24.9 Å². The number of nitrogens with one attached hydrogen (secondary N) is 1. The van der Waals surface area contributed by atoms with Gasteiger partial charge in [0.1, 0.15) is 0 Å². The van der Waals surface area contributed by atoms with Crippen LogP contribution >= 0.6 is 11.8 Å². The van der Waals surface area contributed by atoms with Crippen molar-refractivity contribution in [1.82, 2.24) is 10.3 Å². The second-order valence-electron chi connectivity index (χ2n) is 2.39. The molecule has 2 rings (SSSR count). The first-order valence-corrected chi connectivity index (χ1v) is 4.59. The molecule has 62 valence electrons. The van der Waals surface area contributed by atoms with Crippen LogP contribution in [-0.2, 0) is 0 Å². The molecule has 12 heavy (non-hydrogen) atoms. The van der Waals surface area contributed by atoms with Gasteiger partial charge in [0.2, 0.25) is 5.95 Å². The molecule has 2 nitrogen and oxygen atoms in total. The van der Waals surface area contributed by atoms with Crippen LogP contribution in [0, 0.1) is 5.95 Å². The highest BCUT2D eigenvalue weighted by Crippen LogP contribution is 2.20. The van der Waals surface area contributed by atoms with Crippen LogP contribution in [0.25, 0.3) is 5.70 Å². The quantitative estimate of drug-likeness (QED) is 0.670. The molecule has 1 aromatic rings. The molecule has 0 saturated carbocycles.